The molecule has 1 aliphatic rings. The highest BCUT2D eigenvalue weighted by Gasteiger charge is 2.24. The van der Waals surface area contributed by atoms with Crippen LogP contribution in [0.5, 0.6) is 0 Å². The van der Waals surface area contributed by atoms with E-state index in [9.17, 15) is 4.79 Å². The highest BCUT2D eigenvalue weighted by molar-refractivity contribution is 6.30. The summed E-state index contributed by atoms with van der Waals surface area (Å²) in [5.74, 6) is 0.177. The van der Waals surface area contributed by atoms with Crippen LogP contribution in [-0.2, 0) is 4.74 Å². The Hall–Kier alpha value is -1.82. The van der Waals surface area contributed by atoms with Crippen LogP contribution in [0, 0.1) is 6.92 Å². The van der Waals surface area contributed by atoms with E-state index in [0.29, 0.717) is 30.5 Å². The standard InChI is InChI=1S/C18H21ClN2O3/c1-13-6-9-24-17(13)18(22)20-12-16(21-7-10-23-11-8-21)14-2-4-15(19)5-3-14/h2-6,9,16H,7-8,10-12H2,1H3,(H,20,22)/t16-/m0/s1. The quantitative estimate of drug-likeness (QED) is 0.902. The lowest BCUT2D eigenvalue weighted by atomic mass is 10.0. The van der Waals surface area contributed by atoms with Crippen LogP contribution < -0.4 is 5.32 Å². The molecule has 1 N–H and O–H groups in total. The van der Waals surface area contributed by atoms with E-state index in [1.807, 2.05) is 31.2 Å². The molecule has 0 aliphatic carbocycles. The zero-order valence-electron chi connectivity index (χ0n) is 13.6. The Morgan fingerprint density at radius 2 is 1.96 bits per heavy atom. The number of furan rings is 1. The topological polar surface area (TPSA) is 54.7 Å². The predicted molar refractivity (Wildman–Crippen MR) is 92.4 cm³/mol. The molecular formula is C18H21ClN2O3. The summed E-state index contributed by atoms with van der Waals surface area (Å²) in [5, 5.41) is 3.69. The molecule has 3 rings (SSSR count). The lowest BCUT2D eigenvalue weighted by Crippen LogP contribution is -2.43. The van der Waals surface area contributed by atoms with Crippen molar-refractivity contribution in [2.75, 3.05) is 32.8 Å². The van der Waals surface area contributed by atoms with Gasteiger partial charge >= 0.3 is 0 Å². The number of hydrogen-bond acceptors (Lipinski definition) is 4. The molecular weight excluding hydrogens is 328 g/mol. The number of ether oxygens (including phenoxy) is 1. The van der Waals surface area contributed by atoms with Gasteiger partial charge in [0.1, 0.15) is 0 Å². The Kier molecular flexibility index (Phi) is 5.56. The van der Waals surface area contributed by atoms with Gasteiger partial charge in [-0.25, -0.2) is 0 Å². The van der Waals surface area contributed by atoms with Crippen molar-refractivity contribution in [2.45, 2.75) is 13.0 Å². The fourth-order valence-corrected chi connectivity index (χ4v) is 3.03. The van der Waals surface area contributed by atoms with Crippen molar-refractivity contribution in [3.63, 3.8) is 0 Å². The first-order valence-corrected chi connectivity index (χ1v) is 8.42. The van der Waals surface area contributed by atoms with Crippen molar-refractivity contribution in [2.24, 2.45) is 0 Å². The van der Waals surface area contributed by atoms with E-state index >= 15 is 0 Å². The first-order valence-electron chi connectivity index (χ1n) is 8.04. The summed E-state index contributed by atoms with van der Waals surface area (Å²) < 4.78 is 10.7. The summed E-state index contributed by atoms with van der Waals surface area (Å²) in [5.41, 5.74) is 1.96. The fourth-order valence-electron chi connectivity index (χ4n) is 2.91. The summed E-state index contributed by atoms with van der Waals surface area (Å²) in [6, 6.07) is 9.63. The van der Waals surface area contributed by atoms with E-state index in [1.165, 1.54) is 6.26 Å². The number of benzene rings is 1. The van der Waals surface area contributed by atoms with Crippen molar-refractivity contribution >= 4 is 17.5 Å². The van der Waals surface area contributed by atoms with Gasteiger partial charge in [0, 0.05) is 30.2 Å². The van der Waals surface area contributed by atoms with Gasteiger partial charge in [-0.15, -0.1) is 0 Å². The maximum Gasteiger partial charge on any atom is 0.287 e. The molecule has 6 heteroatoms. The second kappa shape index (κ2) is 7.83. The molecule has 5 nitrogen and oxygen atoms in total. The second-order valence-corrected chi connectivity index (χ2v) is 6.29. The molecule has 0 spiro atoms. The average Bonchev–Trinajstić information content (AvgIpc) is 3.03. The third kappa shape index (κ3) is 3.98. The minimum absolute atomic E-state index is 0.0744. The van der Waals surface area contributed by atoms with E-state index in [-0.39, 0.29) is 11.9 Å². The van der Waals surface area contributed by atoms with E-state index in [4.69, 9.17) is 20.8 Å². The number of carbonyl (C=O) groups is 1. The normalized spacial score (nSPS) is 16.8. The smallest absolute Gasteiger partial charge is 0.287 e. The summed E-state index contributed by atoms with van der Waals surface area (Å²) in [6.45, 7) is 5.44. The minimum atomic E-state index is -0.190. The summed E-state index contributed by atoms with van der Waals surface area (Å²) >= 11 is 6.00. The summed E-state index contributed by atoms with van der Waals surface area (Å²) in [7, 11) is 0. The molecule has 1 fully saturated rings. The van der Waals surface area contributed by atoms with Crippen LogP contribution in [0.25, 0.3) is 0 Å². The van der Waals surface area contributed by atoms with Crippen molar-refractivity contribution in [3.8, 4) is 0 Å². The molecule has 0 saturated carbocycles. The molecule has 1 saturated heterocycles. The SMILES string of the molecule is Cc1ccoc1C(=O)NC[C@@H](c1ccc(Cl)cc1)N1CCOCC1. The molecule has 1 aliphatic heterocycles. The van der Waals surface area contributed by atoms with E-state index in [2.05, 4.69) is 10.2 Å². The zero-order chi connectivity index (χ0) is 16.9. The van der Waals surface area contributed by atoms with Crippen LogP contribution in [0.15, 0.2) is 41.0 Å². The largest absolute Gasteiger partial charge is 0.459 e. The van der Waals surface area contributed by atoms with Gasteiger partial charge in [0.15, 0.2) is 5.76 Å². The Morgan fingerprint density at radius 1 is 1.25 bits per heavy atom. The number of hydrogen-bond donors (Lipinski definition) is 1. The molecule has 128 valence electrons. The van der Waals surface area contributed by atoms with Crippen LogP contribution in [0.1, 0.15) is 27.7 Å². The van der Waals surface area contributed by atoms with Crippen LogP contribution in [0.4, 0.5) is 0 Å². The Labute approximate surface area is 146 Å². The minimum Gasteiger partial charge on any atom is -0.459 e. The number of aryl methyl sites for hydroxylation is 1. The second-order valence-electron chi connectivity index (χ2n) is 5.86. The number of amides is 1. The monoisotopic (exact) mass is 348 g/mol. The predicted octanol–water partition coefficient (Wildman–Crippen LogP) is 3.04. The number of morpholine rings is 1. The maximum atomic E-state index is 12.3. The highest BCUT2D eigenvalue weighted by atomic mass is 35.5. The van der Waals surface area contributed by atoms with Crippen molar-refractivity contribution in [1.29, 1.82) is 0 Å². The Bertz CT molecular complexity index is 678. The molecule has 24 heavy (non-hydrogen) atoms. The molecule has 0 radical (unpaired) electrons. The van der Waals surface area contributed by atoms with Crippen LogP contribution in [-0.4, -0.2) is 43.7 Å². The van der Waals surface area contributed by atoms with Gasteiger partial charge in [0.2, 0.25) is 0 Å². The number of carbonyl (C=O) groups excluding carboxylic acids is 1. The Morgan fingerprint density at radius 3 is 2.58 bits per heavy atom. The lowest BCUT2D eigenvalue weighted by molar-refractivity contribution is 0.0161. The molecule has 1 aromatic carbocycles. The molecule has 0 bridgehead atoms. The van der Waals surface area contributed by atoms with Gasteiger partial charge < -0.3 is 14.5 Å². The van der Waals surface area contributed by atoms with E-state index in [0.717, 1.165) is 24.2 Å². The lowest BCUT2D eigenvalue weighted by Gasteiger charge is -2.34. The third-order valence-electron chi connectivity index (χ3n) is 4.27. The van der Waals surface area contributed by atoms with Crippen molar-refractivity contribution < 1.29 is 13.9 Å². The third-order valence-corrected chi connectivity index (χ3v) is 4.52. The van der Waals surface area contributed by atoms with Gasteiger partial charge in [0.25, 0.3) is 5.91 Å². The van der Waals surface area contributed by atoms with Crippen molar-refractivity contribution in [1.82, 2.24) is 10.2 Å². The summed E-state index contributed by atoms with van der Waals surface area (Å²) in [4.78, 5) is 14.7. The first-order chi connectivity index (χ1) is 11.6. The van der Waals surface area contributed by atoms with Gasteiger partial charge in [-0.2, -0.15) is 0 Å². The van der Waals surface area contributed by atoms with E-state index < -0.39 is 0 Å². The zero-order valence-corrected chi connectivity index (χ0v) is 14.4. The molecule has 1 aromatic heterocycles. The van der Waals surface area contributed by atoms with Gasteiger partial charge in [0.05, 0.1) is 25.5 Å². The van der Waals surface area contributed by atoms with E-state index in [1.54, 1.807) is 6.07 Å². The maximum absolute atomic E-state index is 12.3. The Balaban J connectivity index is 1.73. The molecule has 2 aromatic rings. The highest BCUT2D eigenvalue weighted by Crippen LogP contribution is 2.23. The van der Waals surface area contributed by atoms with Crippen LogP contribution in [0.3, 0.4) is 0 Å². The molecule has 1 atom stereocenters. The number of nitrogens with zero attached hydrogens (tertiary/aromatic N) is 1. The van der Waals surface area contributed by atoms with Gasteiger partial charge in [-0.1, -0.05) is 23.7 Å². The average molecular weight is 349 g/mol. The number of halogens is 1. The molecule has 0 unspecified atom stereocenters. The summed E-state index contributed by atoms with van der Waals surface area (Å²) in [6.07, 6.45) is 1.53. The first kappa shape index (κ1) is 17.0. The van der Waals surface area contributed by atoms with Crippen LogP contribution in [0.2, 0.25) is 5.02 Å². The fraction of sp³-hybridized carbons (Fsp3) is 0.389. The molecule has 1 amide bonds. The number of nitrogens with one attached hydrogen (secondary N) is 1. The van der Waals surface area contributed by atoms with Crippen molar-refractivity contribution in [3.05, 3.63) is 58.5 Å². The molecule has 2 heterocycles. The van der Waals surface area contributed by atoms with Gasteiger partial charge in [-0.05, 0) is 30.7 Å². The van der Waals surface area contributed by atoms with Gasteiger partial charge in [-0.3, -0.25) is 9.69 Å². The van der Waals surface area contributed by atoms with Crippen LogP contribution >= 0.6 is 11.6 Å². The number of rotatable bonds is 5.